The second-order valence-corrected chi connectivity index (χ2v) is 7.14. The summed E-state index contributed by atoms with van der Waals surface area (Å²) in [6.07, 6.45) is 3.34. The lowest BCUT2D eigenvalue weighted by molar-refractivity contribution is -0.0250. The Bertz CT molecular complexity index is 452. The smallest absolute Gasteiger partial charge is 0.0631 e. The highest BCUT2D eigenvalue weighted by atomic mass is 35.5. The van der Waals surface area contributed by atoms with Crippen LogP contribution in [0.3, 0.4) is 0 Å². The molecular formula is C17H24Cl2O. The predicted molar refractivity (Wildman–Crippen MR) is 87.1 cm³/mol. The number of alkyl halides is 2. The van der Waals surface area contributed by atoms with Gasteiger partial charge in [-0.05, 0) is 51.2 Å². The van der Waals surface area contributed by atoms with Gasteiger partial charge in [0.15, 0.2) is 0 Å². The van der Waals surface area contributed by atoms with Crippen LogP contribution in [-0.4, -0.2) is 23.5 Å². The van der Waals surface area contributed by atoms with E-state index in [1.54, 1.807) is 0 Å². The van der Waals surface area contributed by atoms with Crippen LogP contribution in [0.15, 0.2) is 24.3 Å². The van der Waals surface area contributed by atoms with Crippen LogP contribution in [0.1, 0.15) is 44.2 Å². The summed E-state index contributed by atoms with van der Waals surface area (Å²) < 4.78 is 6.15. The van der Waals surface area contributed by atoms with Gasteiger partial charge >= 0.3 is 0 Å². The Morgan fingerprint density at radius 3 is 2.40 bits per heavy atom. The monoisotopic (exact) mass is 314 g/mol. The maximum Gasteiger partial charge on any atom is 0.0631 e. The molecule has 1 saturated heterocycles. The van der Waals surface area contributed by atoms with Crippen molar-refractivity contribution in [1.29, 1.82) is 0 Å². The van der Waals surface area contributed by atoms with Crippen molar-refractivity contribution in [2.24, 2.45) is 0 Å². The number of aryl methyl sites for hydroxylation is 1. The van der Waals surface area contributed by atoms with Crippen molar-refractivity contribution in [3.63, 3.8) is 0 Å². The van der Waals surface area contributed by atoms with E-state index in [0.717, 1.165) is 19.3 Å². The van der Waals surface area contributed by atoms with Crippen molar-refractivity contribution in [3.8, 4) is 0 Å². The zero-order chi connectivity index (χ0) is 14.8. The van der Waals surface area contributed by atoms with E-state index in [-0.39, 0.29) is 17.1 Å². The molecule has 0 saturated carbocycles. The fraction of sp³-hybridized carbons (Fsp3) is 0.647. The minimum absolute atomic E-state index is 0.0131. The maximum absolute atomic E-state index is 6.34. The Morgan fingerprint density at radius 2 is 1.90 bits per heavy atom. The lowest BCUT2D eigenvalue weighted by Gasteiger charge is -2.34. The second kappa shape index (κ2) is 6.25. The third-order valence-corrected chi connectivity index (χ3v) is 5.42. The largest absolute Gasteiger partial charge is 0.372 e. The molecule has 1 aliphatic rings. The van der Waals surface area contributed by atoms with Gasteiger partial charge in [-0.15, -0.1) is 23.2 Å². The van der Waals surface area contributed by atoms with Gasteiger partial charge in [0.25, 0.3) is 0 Å². The minimum Gasteiger partial charge on any atom is -0.372 e. The third-order valence-electron chi connectivity index (χ3n) is 4.40. The third kappa shape index (κ3) is 3.32. The van der Waals surface area contributed by atoms with Crippen molar-refractivity contribution >= 4 is 23.2 Å². The Balaban J connectivity index is 2.25. The second-order valence-electron chi connectivity index (χ2n) is 6.60. The molecule has 1 aromatic carbocycles. The lowest BCUT2D eigenvalue weighted by Crippen LogP contribution is -2.36. The van der Waals surface area contributed by atoms with Gasteiger partial charge in [-0.2, -0.15) is 0 Å². The molecule has 112 valence electrons. The van der Waals surface area contributed by atoms with Crippen LogP contribution in [0, 0.1) is 6.92 Å². The zero-order valence-electron chi connectivity index (χ0n) is 12.6. The first-order chi connectivity index (χ1) is 9.42. The van der Waals surface area contributed by atoms with E-state index in [1.165, 1.54) is 11.1 Å². The number of rotatable bonds is 5. The molecule has 20 heavy (non-hydrogen) atoms. The van der Waals surface area contributed by atoms with E-state index in [0.29, 0.717) is 11.8 Å². The SMILES string of the molecule is Cc1ccccc1C(CCl)(CCl)CC1CCC(C)(C)O1. The van der Waals surface area contributed by atoms with Gasteiger partial charge in [0, 0.05) is 17.2 Å². The van der Waals surface area contributed by atoms with Crippen molar-refractivity contribution in [3.05, 3.63) is 35.4 Å². The maximum atomic E-state index is 6.34. The molecule has 3 heteroatoms. The molecule has 1 fully saturated rings. The Kier molecular flexibility index (Phi) is 5.05. The fourth-order valence-electron chi connectivity index (χ4n) is 3.22. The molecule has 1 aliphatic heterocycles. The van der Waals surface area contributed by atoms with Gasteiger partial charge in [-0.25, -0.2) is 0 Å². The summed E-state index contributed by atoms with van der Waals surface area (Å²) in [5.41, 5.74) is 2.31. The van der Waals surface area contributed by atoms with Crippen LogP contribution in [0.2, 0.25) is 0 Å². The van der Waals surface area contributed by atoms with E-state index >= 15 is 0 Å². The van der Waals surface area contributed by atoms with Crippen LogP contribution in [0.25, 0.3) is 0 Å². The highest BCUT2D eigenvalue weighted by Crippen LogP contribution is 2.40. The van der Waals surface area contributed by atoms with Crippen molar-refractivity contribution in [2.75, 3.05) is 11.8 Å². The summed E-state index contributed by atoms with van der Waals surface area (Å²) in [7, 11) is 0. The first-order valence-electron chi connectivity index (χ1n) is 7.28. The normalized spacial score (nSPS) is 22.1. The topological polar surface area (TPSA) is 9.23 Å². The molecule has 1 heterocycles. The Labute approximate surface area is 132 Å². The molecule has 0 N–H and O–H groups in total. The Morgan fingerprint density at radius 1 is 1.25 bits per heavy atom. The van der Waals surface area contributed by atoms with E-state index in [4.69, 9.17) is 27.9 Å². The van der Waals surface area contributed by atoms with Crippen LogP contribution in [0.4, 0.5) is 0 Å². The molecule has 0 radical (unpaired) electrons. The summed E-state index contributed by atoms with van der Waals surface area (Å²) in [6, 6.07) is 8.40. The molecule has 0 bridgehead atoms. The molecule has 0 amide bonds. The molecule has 0 aromatic heterocycles. The molecule has 1 aromatic rings. The predicted octanol–water partition coefficient (Wildman–Crippen LogP) is 5.06. The molecule has 0 aliphatic carbocycles. The quantitative estimate of drug-likeness (QED) is 0.690. The van der Waals surface area contributed by atoms with Gasteiger partial charge in [-0.1, -0.05) is 24.3 Å². The number of benzene rings is 1. The van der Waals surface area contributed by atoms with E-state index in [1.807, 2.05) is 0 Å². The van der Waals surface area contributed by atoms with Crippen LogP contribution >= 0.6 is 23.2 Å². The minimum atomic E-state index is -0.195. The van der Waals surface area contributed by atoms with Gasteiger partial charge in [0.1, 0.15) is 0 Å². The van der Waals surface area contributed by atoms with Gasteiger partial charge < -0.3 is 4.74 Å². The van der Waals surface area contributed by atoms with Crippen LogP contribution in [0.5, 0.6) is 0 Å². The first kappa shape index (κ1) is 16.1. The summed E-state index contributed by atoms with van der Waals surface area (Å²) in [4.78, 5) is 0. The van der Waals surface area contributed by atoms with E-state index < -0.39 is 0 Å². The van der Waals surface area contributed by atoms with Gasteiger partial charge in [-0.3, -0.25) is 0 Å². The molecule has 1 atom stereocenters. The standard InChI is InChI=1S/C17H24Cl2O/c1-13-6-4-5-7-15(13)17(11-18,12-19)10-14-8-9-16(2,3)20-14/h4-7,14H,8-12H2,1-3H3. The first-order valence-corrected chi connectivity index (χ1v) is 8.35. The highest BCUT2D eigenvalue weighted by Gasteiger charge is 2.40. The average Bonchev–Trinajstić information content (AvgIpc) is 2.76. The molecule has 1 unspecified atom stereocenters. The number of halogens is 2. The summed E-state index contributed by atoms with van der Waals surface area (Å²) in [6.45, 7) is 6.44. The van der Waals surface area contributed by atoms with Gasteiger partial charge in [0.05, 0.1) is 11.7 Å². The van der Waals surface area contributed by atoms with E-state index in [2.05, 4.69) is 45.0 Å². The molecule has 0 spiro atoms. The number of ether oxygens (including phenoxy) is 1. The fourth-order valence-corrected chi connectivity index (χ4v) is 4.02. The van der Waals surface area contributed by atoms with Gasteiger partial charge in [0.2, 0.25) is 0 Å². The van der Waals surface area contributed by atoms with Crippen LogP contribution in [-0.2, 0) is 10.2 Å². The zero-order valence-corrected chi connectivity index (χ0v) is 14.1. The highest BCUT2D eigenvalue weighted by molar-refractivity contribution is 6.22. The molecular weight excluding hydrogens is 291 g/mol. The van der Waals surface area contributed by atoms with E-state index in [9.17, 15) is 0 Å². The van der Waals surface area contributed by atoms with Crippen LogP contribution < -0.4 is 0 Å². The molecule has 2 rings (SSSR count). The lowest BCUT2D eigenvalue weighted by atomic mass is 9.77. The number of hydrogen-bond donors (Lipinski definition) is 0. The average molecular weight is 315 g/mol. The van der Waals surface area contributed by atoms with Crippen molar-refractivity contribution in [2.45, 2.75) is 57.2 Å². The molecule has 1 nitrogen and oxygen atoms in total. The summed E-state index contributed by atoms with van der Waals surface area (Å²) in [5.74, 6) is 1.06. The Hall–Kier alpha value is -0.240. The summed E-state index contributed by atoms with van der Waals surface area (Å²) >= 11 is 12.7. The van der Waals surface area contributed by atoms with Crippen molar-refractivity contribution < 1.29 is 4.74 Å². The van der Waals surface area contributed by atoms with Crippen molar-refractivity contribution in [1.82, 2.24) is 0 Å². The summed E-state index contributed by atoms with van der Waals surface area (Å²) in [5, 5.41) is 0. The number of hydrogen-bond acceptors (Lipinski definition) is 1.